The number of hydrogen-bond acceptors (Lipinski definition) is 5. The number of nitrogens with one attached hydrogen (secondary N) is 1. The molecule has 0 bridgehead atoms. The van der Waals surface area contributed by atoms with Crippen LogP contribution in [0.15, 0.2) is 36.4 Å². The highest BCUT2D eigenvalue weighted by Gasteiger charge is 2.35. The van der Waals surface area contributed by atoms with Crippen LogP contribution in [0.4, 0.5) is 0 Å². The zero-order chi connectivity index (χ0) is 23.3. The molecule has 172 valence electrons. The van der Waals surface area contributed by atoms with Crippen molar-refractivity contribution in [1.82, 2.24) is 10.2 Å². The Labute approximate surface area is 189 Å². The Morgan fingerprint density at radius 1 is 1.06 bits per heavy atom. The number of ether oxygens (including phenoxy) is 3. The molecule has 0 saturated carbocycles. The smallest absolute Gasteiger partial charge is 0.255 e. The highest BCUT2D eigenvalue weighted by Crippen LogP contribution is 2.42. The van der Waals surface area contributed by atoms with E-state index in [-0.39, 0.29) is 18.2 Å². The summed E-state index contributed by atoms with van der Waals surface area (Å²) in [5.74, 6) is 1.74. The maximum atomic E-state index is 13.2. The molecular formula is C25H32N2O5. The summed E-state index contributed by atoms with van der Waals surface area (Å²) >= 11 is 0. The SMILES string of the molecule is COc1cc([C@@H](CC(=O)NCCC(C)C)N2Cc3ccccc3C2=O)cc(OC)c1OC. The van der Waals surface area contributed by atoms with Gasteiger partial charge in [0.05, 0.1) is 33.8 Å². The monoisotopic (exact) mass is 440 g/mol. The Morgan fingerprint density at radius 2 is 1.72 bits per heavy atom. The van der Waals surface area contributed by atoms with Crippen LogP contribution in [0.3, 0.4) is 0 Å². The third-order valence-corrected chi connectivity index (χ3v) is 5.72. The van der Waals surface area contributed by atoms with Crippen molar-refractivity contribution in [3.63, 3.8) is 0 Å². The van der Waals surface area contributed by atoms with E-state index in [1.54, 1.807) is 26.2 Å². The van der Waals surface area contributed by atoms with Gasteiger partial charge >= 0.3 is 0 Å². The maximum absolute atomic E-state index is 13.2. The molecule has 2 aromatic carbocycles. The molecule has 1 aliphatic heterocycles. The first-order chi connectivity index (χ1) is 15.4. The van der Waals surface area contributed by atoms with Crippen LogP contribution in [-0.2, 0) is 11.3 Å². The first-order valence-corrected chi connectivity index (χ1v) is 10.8. The van der Waals surface area contributed by atoms with E-state index in [9.17, 15) is 9.59 Å². The Morgan fingerprint density at radius 3 is 2.28 bits per heavy atom. The second-order valence-electron chi connectivity index (χ2n) is 8.30. The number of fused-ring (bicyclic) bond motifs is 1. The van der Waals surface area contributed by atoms with Gasteiger partial charge in [-0.2, -0.15) is 0 Å². The van der Waals surface area contributed by atoms with Gasteiger partial charge in [0.2, 0.25) is 11.7 Å². The topological polar surface area (TPSA) is 77.1 Å². The van der Waals surface area contributed by atoms with E-state index in [0.29, 0.717) is 41.8 Å². The third-order valence-electron chi connectivity index (χ3n) is 5.72. The molecule has 2 amide bonds. The number of amides is 2. The molecule has 3 rings (SSSR count). The molecule has 1 atom stereocenters. The van der Waals surface area contributed by atoms with Crippen LogP contribution in [0.5, 0.6) is 17.2 Å². The van der Waals surface area contributed by atoms with Crippen LogP contribution in [0.2, 0.25) is 0 Å². The molecule has 1 heterocycles. The largest absolute Gasteiger partial charge is 0.493 e. The Balaban J connectivity index is 1.96. The van der Waals surface area contributed by atoms with Crippen molar-refractivity contribution in [2.75, 3.05) is 27.9 Å². The number of rotatable bonds is 10. The van der Waals surface area contributed by atoms with Gasteiger partial charge in [-0.25, -0.2) is 0 Å². The van der Waals surface area contributed by atoms with Crippen LogP contribution in [-0.4, -0.2) is 44.6 Å². The van der Waals surface area contributed by atoms with Crippen molar-refractivity contribution >= 4 is 11.8 Å². The minimum Gasteiger partial charge on any atom is -0.493 e. The molecule has 0 aliphatic carbocycles. The highest BCUT2D eigenvalue weighted by molar-refractivity contribution is 5.98. The van der Waals surface area contributed by atoms with Gasteiger partial charge in [-0.1, -0.05) is 32.0 Å². The molecule has 1 N–H and O–H groups in total. The highest BCUT2D eigenvalue weighted by atomic mass is 16.5. The average molecular weight is 441 g/mol. The quantitative estimate of drug-likeness (QED) is 0.605. The summed E-state index contributed by atoms with van der Waals surface area (Å²) in [6.45, 7) is 5.28. The molecular weight excluding hydrogens is 408 g/mol. The van der Waals surface area contributed by atoms with Crippen LogP contribution in [0.25, 0.3) is 0 Å². The normalized spacial score (nSPS) is 13.7. The van der Waals surface area contributed by atoms with Crippen molar-refractivity contribution in [1.29, 1.82) is 0 Å². The van der Waals surface area contributed by atoms with Crippen molar-refractivity contribution in [2.45, 2.75) is 39.3 Å². The lowest BCUT2D eigenvalue weighted by Crippen LogP contribution is -2.34. The second-order valence-corrected chi connectivity index (χ2v) is 8.30. The average Bonchev–Trinajstić information content (AvgIpc) is 3.12. The van der Waals surface area contributed by atoms with Gasteiger partial charge in [-0.05, 0) is 41.7 Å². The fourth-order valence-electron chi connectivity index (χ4n) is 3.98. The molecule has 32 heavy (non-hydrogen) atoms. The molecule has 0 aromatic heterocycles. The third kappa shape index (κ3) is 4.98. The molecule has 0 unspecified atom stereocenters. The van der Waals surface area contributed by atoms with Gasteiger partial charge in [-0.15, -0.1) is 0 Å². The van der Waals surface area contributed by atoms with Crippen LogP contribution in [0, 0.1) is 5.92 Å². The number of nitrogens with zero attached hydrogens (tertiary/aromatic N) is 1. The predicted molar refractivity (Wildman–Crippen MR) is 122 cm³/mol. The van der Waals surface area contributed by atoms with E-state index in [4.69, 9.17) is 14.2 Å². The van der Waals surface area contributed by atoms with E-state index in [0.717, 1.165) is 17.5 Å². The molecule has 7 heteroatoms. The zero-order valence-corrected chi connectivity index (χ0v) is 19.4. The summed E-state index contributed by atoms with van der Waals surface area (Å²) in [6, 6.07) is 10.7. The molecule has 1 aliphatic rings. The van der Waals surface area contributed by atoms with Gasteiger partial charge < -0.3 is 24.4 Å². The van der Waals surface area contributed by atoms with Gasteiger partial charge in [0.1, 0.15) is 0 Å². The van der Waals surface area contributed by atoms with Crippen molar-refractivity contribution in [3.8, 4) is 17.2 Å². The van der Waals surface area contributed by atoms with Crippen LogP contribution in [0.1, 0.15) is 54.2 Å². The standard InChI is InChI=1S/C25H32N2O5/c1-16(2)10-11-26-23(28)14-20(27-15-17-8-6-7-9-19(17)25(27)29)18-12-21(30-3)24(32-5)22(13-18)31-4/h6-9,12-13,16,20H,10-11,14-15H2,1-5H3,(H,26,28)/t20-/m1/s1. The van der Waals surface area contributed by atoms with Crippen molar-refractivity contribution < 1.29 is 23.8 Å². The second kappa shape index (κ2) is 10.4. The molecule has 0 spiro atoms. The summed E-state index contributed by atoms with van der Waals surface area (Å²) < 4.78 is 16.5. The first kappa shape index (κ1) is 23.4. The molecule has 0 radical (unpaired) electrons. The van der Waals surface area contributed by atoms with Crippen molar-refractivity contribution in [3.05, 3.63) is 53.1 Å². The van der Waals surface area contributed by atoms with Gasteiger partial charge in [0, 0.05) is 18.7 Å². The molecule has 0 saturated heterocycles. The summed E-state index contributed by atoms with van der Waals surface area (Å²) in [7, 11) is 4.64. The summed E-state index contributed by atoms with van der Waals surface area (Å²) in [6.07, 6.45) is 1.03. The van der Waals surface area contributed by atoms with Gasteiger partial charge in [-0.3, -0.25) is 9.59 Å². The van der Waals surface area contributed by atoms with E-state index >= 15 is 0 Å². The number of methoxy groups -OCH3 is 3. The Kier molecular flexibility index (Phi) is 7.62. The van der Waals surface area contributed by atoms with E-state index < -0.39 is 6.04 Å². The number of benzene rings is 2. The molecule has 7 nitrogen and oxygen atoms in total. The Bertz CT molecular complexity index is 948. The zero-order valence-electron chi connectivity index (χ0n) is 19.4. The Hall–Kier alpha value is -3.22. The van der Waals surface area contributed by atoms with Crippen LogP contribution >= 0.6 is 0 Å². The number of carbonyl (C=O) groups is 2. The summed E-state index contributed by atoms with van der Waals surface area (Å²) in [4.78, 5) is 27.8. The van der Waals surface area contributed by atoms with Crippen LogP contribution < -0.4 is 19.5 Å². The molecule has 0 fully saturated rings. The van der Waals surface area contributed by atoms with E-state index in [1.807, 2.05) is 36.4 Å². The summed E-state index contributed by atoms with van der Waals surface area (Å²) in [5, 5.41) is 2.99. The maximum Gasteiger partial charge on any atom is 0.255 e. The van der Waals surface area contributed by atoms with E-state index in [1.165, 1.54) is 0 Å². The fraction of sp³-hybridized carbons (Fsp3) is 0.440. The fourth-order valence-corrected chi connectivity index (χ4v) is 3.98. The van der Waals surface area contributed by atoms with Crippen molar-refractivity contribution in [2.24, 2.45) is 5.92 Å². The number of hydrogen-bond donors (Lipinski definition) is 1. The predicted octanol–water partition coefficient (Wildman–Crippen LogP) is 3.96. The lowest BCUT2D eigenvalue weighted by Gasteiger charge is -2.29. The molecule has 2 aromatic rings. The minimum absolute atomic E-state index is 0.0886. The number of carbonyl (C=O) groups excluding carboxylic acids is 2. The summed E-state index contributed by atoms with van der Waals surface area (Å²) in [5.41, 5.74) is 2.37. The van der Waals surface area contributed by atoms with E-state index in [2.05, 4.69) is 19.2 Å². The van der Waals surface area contributed by atoms with Gasteiger partial charge in [0.15, 0.2) is 11.5 Å². The first-order valence-electron chi connectivity index (χ1n) is 10.8. The lowest BCUT2D eigenvalue weighted by molar-refractivity contribution is -0.122. The van der Waals surface area contributed by atoms with Gasteiger partial charge in [0.25, 0.3) is 5.91 Å². The lowest BCUT2D eigenvalue weighted by atomic mass is 10.00. The minimum atomic E-state index is -0.484.